The van der Waals surface area contributed by atoms with Gasteiger partial charge in [0.1, 0.15) is 0 Å². The minimum Gasteiger partial charge on any atom is -0.129 e. The molecule has 0 N–H and O–H groups in total. The van der Waals surface area contributed by atoms with E-state index in [-0.39, 0.29) is 0 Å². The van der Waals surface area contributed by atoms with Crippen LogP contribution in [0.3, 0.4) is 0 Å². The van der Waals surface area contributed by atoms with Gasteiger partial charge in [-0.3, -0.25) is 0 Å². The number of unbranched alkanes of at least 4 members (excludes halogenated alkanes) is 6. The Hall–Kier alpha value is -1.26. The van der Waals surface area contributed by atoms with Crippen molar-refractivity contribution >= 4 is 0 Å². The Labute approximate surface area is 139 Å². The molecule has 0 unspecified atom stereocenters. The van der Waals surface area contributed by atoms with Gasteiger partial charge in [0, 0.05) is 0 Å². The van der Waals surface area contributed by atoms with Crippen molar-refractivity contribution in [1.29, 1.82) is 0 Å². The molecule has 0 aliphatic carbocycles. The Morgan fingerprint density at radius 3 is 1.86 bits per heavy atom. The predicted molar refractivity (Wildman–Crippen MR) is 102 cm³/mol. The number of allylic oxidation sites excluding steroid dienone is 7. The third-order valence-electron chi connectivity index (χ3n) is 3.46. The smallest absolute Gasteiger partial charge is 0.00929 e. The molecule has 0 aromatic heterocycles. The van der Waals surface area contributed by atoms with E-state index >= 15 is 0 Å². The Morgan fingerprint density at radius 2 is 1.18 bits per heavy atom. The number of hydrogen-bond acceptors (Lipinski definition) is 0. The molecule has 0 heterocycles. The van der Waals surface area contributed by atoms with E-state index in [1.54, 1.807) is 0 Å². The Kier molecular flexibility index (Phi) is 18.6. The number of hydrogen-bond donors (Lipinski definition) is 0. The molecule has 0 fully saturated rings. The van der Waals surface area contributed by atoms with Crippen molar-refractivity contribution in [3.8, 4) is 0 Å². The molecule has 0 aromatic carbocycles. The summed E-state index contributed by atoms with van der Waals surface area (Å²) in [7, 11) is 0. The molecule has 0 aliphatic rings. The van der Waals surface area contributed by atoms with Crippen LogP contribution in [0.2, 0.25) is 0 Å². The molecule has 0 radical (unpaired) electrons. The summed E-state index contributed by atoms with van der Waals surface area (Å²) in [5, 5.41) is 0. The average Bonchev–Trinajstić information content (AvgIpc) is 2.54. The van der Waals surface area contributed by atoms with Crippen molar-refractivity contribution in [3.05, 3.63) is 54.3 Å². The summed E-state index contributed by atoms with van der Waals surface area (Å²) in [6.45, 7) is 4.48. The van der Waals surface area contributed by atoms with E-state index in [0.29, 0.717) is 0 Å². The van der Waals surface area contributed by atoms with Gasteiger partial charge in [-0.15, -0.1) is 5.73 Å². The third-order valence-corrected chi connectivity index (χ3v) is 3.46. The summed E-state index contributed by atoms with van der Waals surface area (Å²) in [5.74, 6) is 0. The van der Waals surface area contributed by atoms with Gasteiger partial charge >= 0.3 is 0 Å². The summed E-state index contributed by atoms with van der Waals surface area (Å²) in [5.41, 5.74) is 3.24. The first-order valence-corrected chi connectivity index (χ1v) is 9.26. The molecule has 0 spiro atoms. The van der Waals surface area contributed by atoms with Gasteiger partial charge in [-0.25, -0.2) is 0 Å². The van der Waals surface area contributed by atoms with E-state index in [1.165, 1.54) is 44.9 Å². The van der Waals surface area contributed by atoms with Gasteiger partial charge < -0.3 is 0 Å². The molecule has 0 aromatic rings. The van der Waals surface area contributed by atoms with Crippen molar-refractivity contribution in [2.24, 2.45) is 0 Å². The summed E-state index contributed by atoms with van der Waals surface area (Å²) in [6, 6.07) is 0. The monoisotopic (exact) mass is 300 g/mol. The molecular formula is C22H36. The lowest BCUT2D eigenvalue weighted by molar-refractivity contribution is 0.674. The van der Waals surface area contributed by atoms with Crippen LogP contribution < -0.4 is 0 Å². The minimum atomic E-state index is 0.994. The standard InChI is InChI=1S/C22H36/c1-3-5-7-9-11-13-15-17-19-21-22-20-18-16-14-12-10-8-6-4-2/h9,13-14,16-17,19-20,22H,3-8,10,12,15,18,21H2,1-2H3/b16-14+,19-17+,22-20+. The van der Waals surface area contributed by atoms with Crippen molar-refractivity contribution in [2.75, 3.05) is 0 Å². The molecule has 0 saturated heterocycles. The first kappa shape index (κ1) is 20.7. The molecule has 0 saturated carbocycles. The summed E-state index contributed by atoms with van der Waals surface area (Å²) < 4.78 is 0. The van der Waals surface area contributed by atoms with E-state index in [4.69, 9.17) is 0 Å². The average molecular weight is 301 g/mol. The molecule has 0 nitrogen and oxygen atoms in total. The molecule has 0 bridgehead atoms. The lowest BCUT2D eigenvalue weighted by Gasteiger charge is -1.93. The van der Waals surface area contributed by atoms with Crippen LogP contribution in [-0.2, 0) is 0 Å². The molecule has 0 rings (SSSR count). The van der Waals surface area contributed by atoms with Crippen molar-refractivity contribution in [1.82, 2.24) is 0 Å². The number of rotatable bonds is 14. The first-order valence-electron chi connectivity index (χ1n) is 9.26. The second kappa shape index (κ2) is 19.7. The van der Waals surface area contributed by atoms with Gasteiger partial charge in [-0.1, -0.05) is 76.0 Å². The molecule has 22 heavy (non-hydrogen) atoms. The molecule has 0 heteroatoms. The summed E-state index contributed by atoms with van der Waals surface area (Å²) in [4.78, 5) is 0. The summed E-state index contributed by atoms with van der Waals surface area (Å²) in [6.07, 6.45) is 31.3. The van der Waals surface area contributed by atoms with Crippen LogP contribution in [-0.4, -0.2) is 0 Å². The highest BCUT2D eigenvalue weighted by Crippen LogP contribution is 2.03. The second-order valence-electron chi connectivity index (χ2n) is 5.69. The minimum absolute atomic E-state index is 0.994. The topological polar surface area (TPSA) is 0 Å². The van der Waals surface area contributed by atoms with Gasteiger partial charge in [0.15, 0.2) is 0 Å². The van der Waals surface area contributed by atoms with Crippen LogP contribution in [0.15, 0.2) is 54.3 Å². The van der Waals surface area contributed by atoms with Gasteiger partial charge in [-0.2, -0.15) is 0 Å². The molecular weight excluding hydrogens is 264 g/mol. The fourth-order valence-corrected chi connectivity index (χ4v) is 2.05. The van der Waals surface area contributed by atoms with Crippen molar-refractivity contribution < 1.29 is 0 Å². The maximum Gasteiger partial charge on any atom is -0.00929 e. The third kappa shape index (κ3) is 18.7. The fraction of sp³-hybridized carbons (Fsp3) is 0.591. The fourth-order valence-electron chi connectivity index (χ4n) is 2.05. The SMILES string of the molecule is CCCCC=C=CC/C=C/C/C=C/C/C=C/CCCCCC. The van der Waals surface area contributed by atoms with Crippen LogP contribution in [0, 0.1) is 0 Å². The summed E-state index contributed by atoms with van der Waals surface area (Å²) >= 11 is 0. The predicted octanol–water partition coefficient (Wildman–Crippen LogP) is 7.70. The lowest BCUT2D eigenvalue weighted by Crippen LogP contribution is -1.73. The zero-order chi connectivity index (χ0) is 16.1. The normalized spacial score (nSPS) is 11.5. The Balaban J connectivity index is 3.44. The van der Waals surface area contributed by atoms with Crippen molar-refractivity contribution in [2.45, 2.75) is 84.5 Å². The highest BCUT2D eigenvalue weighted by atomic mass is 13.9. The zero-order valence-corrected chi connectivity index (χ0v) is 14.9. The van der Waals surface area contributed by atoms with E-state index in [0.717, 1.165) is 25.7 Å². The van der Waals surface area contributed by atoms with E-state index < -0.39 is 0 Å². The maximum atomic E-state index is 3.24. The molecule has 0 aliphatic heterocycles. The molecule has 124 valence electrons. The van der Waals surface area contributed by atoms with Gasteiger partial charge in [0.2, 0.25) is 0 Å². The Morgan fingerprint density at radius 1 is 0.545 bits per heavy atom. The van der Waals surface area contributed by atoms with Gasteiger partial charge in [0.25, 0.3) is 0 Å². The van der Waals surface area contributed by atoms with Gasteiger partial charge in [-0.05, 0) is 57.1 Å². The highest BCUT2D eigenvalue weighted by Gasteiger charge is 1.83. The van der Waals surface area contributed by atoms with E-state index in [2.05, 4.69) is 68.2 Å². The molecule has 0 atom stereocenters. The van der Waals surface area contributed by atoms with Gasteiger partial charge in [0.05, 0.1) is 0 Å². The van der Waals surface area contributed by atoms with Crippen LogP contribution in [0.25, 0.3) is 0 Å². The second-order valence-corrected chi connectivity index (χ2v) is 5.69. The lowest BCUT2D eigenvalue weighted by atomic mass is 10.1. The van der Waals surface area contributed by atoms with Crippen LogP contribution in [0.4, 0.5) is 0 Å². The quantitative estimate of drug-likeness (QED) is 0.175. The van der Waals surface area contributed by atoms with Crippen LogP contribution in [0.1, 0.15) is 84.5 Å². The maximum absolute atomic E-state index is 3.24. The largest absolute Gasteiger partial charge is 0.129 e. The van der Waals surface area contributed by atoms with E-state index in [1.807, 2.05) is 0 Å². The molecule has 0 amide bonds. The first-order chi connectivity index (χ1) is 10.9. The Bertz CT molecular complexity index is 348. The zero-order valence-electron chi connectivity index (χ0n) is 14.9. The highest BCUT2D eigenvalue weighted by molar-refractivity contribution is 4.99. The van der Waals surface area contributed by atoms with E-state index in [9.17, 15) is 0 Å². The van der Waals surface area contributed by atoms with Crippen molar-refractivity contribution in [3.63, 3.8) is 0 Å². The van der Waals surface area contributed by atoms with Crippen LogP contribution >= 0.6 is 0 Å². The van der Waals surface area contributed by atoms with Crippen LogP contribution in [0.5, 0.6) is 0 Å².